The number of aromatic amines is 1. The largest absolute Gasteiger partial charge is 0.490 e. The van der Waals surface area contributed by atoms with Crippen LogP contribution in [0, 0.1) is 5.92 Å². The molecule has 0 aliphatic carbocycles. The molecular formula is C17H21NO3. The van der Waals surface area contributed by atoms with Gasteiger partial charge in [-0.15, -0.1) is 0 Å². The van der Waals surface area contributed by atoms with Gasteiger partial charge in [-0.3, -0.25) is 4.79 Å². The molecule has 3 rings (SSSR count). The van der Waals surface area contributed by atoms with Gasteiger partial charge in [0.15, 0.2) is 5.78 Å². The van der Waals surface area contributed by atoms with Crippen molar-refractivity contribution in [3.63, 3.8) is 0 Å². The summed E-state index contributed by atoms with van der Waals surface area (Å²) in [5.74, 6) is 0.884. The number of ketones is 1. The van der Waals surface area contributed by atoms with E-state index in [4.69, 9.17) is 9.47 Å². The van der Waals surface area contributed by atoms with Crippen molar-refractivity contribution in [3.8, 4) is 5.75 Å². The number of aromatic nitrogens is 1. The topological polar surface area (TPSA) is 51.3 Å². The molecule has 0 amide bonds. The minimum absolute atomic E-state index is 0.0372. The van der Waals surface area contributed by atoms with Crippen LogP contribution in [0.2, 0.25) is 0 Å². The molecule has 1 N–H and O–H groups in total. The van der Waals surface area contributed by atoms with Crippen molar-refractivity contribution in [2.45, 2.75) is 32.8 Å². The molecular weight excluding hydrogens is 266 g/mol. The third-order valence-corrected chi connectivity index (χ3v) is 3.83. The summed E-state index contributed by atoms with van der Waals surface area (Å²) < 4.78 is 11.3. The molecule has 1 aromatic heterocycles. The first-order valence-corrected chi connectivity index (χ1v) is 7.55. The van der Waals surface area contributed by atoms with Gasteiger partial charge < -0.3 is 14.5 Å². The lowest BCUT2D eigenvalue weighted by Gasteiger charge is -2.21. The highest BCUT2D eigenvalue weighted by molar-refractivity contribution is 6.11. The van der Waals surface area contributed by atoms with E-state index in [-0.39, 0.29) is 17.8 Å². The zero-order valence-corrected chi connectivity index (χ0v) is 12.5. The van der Waals surface area contributed by atoms with Gasteiger partial charge in [-0.05, 0) is 38.8 Å². The Kier molecular flexibility index (Phi) is 3.97. The average molecular weight is 287 g/mol. The van der Waals surface area contributed by atoms with Crippen LogP contribution in [0.5, 0.6) is 5.75 Å². The van der Waals surface area contributed by atoms with E-state index in [1.165, 1.54) is 0 Å². The van der Waals surface area contributed by atoms with E-state index in [9.17, 15) is 4.79 Å². The Bertz CT molecular complexity index is 639. The predicted molar refractivity (Wildman–Crippen MR) is 81.9 cm³/mol. The Balaban J connectivity index is 1.99. The summed E-state index contributed by atoms with van der Waals surface area (Å²) in [6.45, 7) is 5.27. The zero-order valence-electron chi connectivity index (χ0n) is 12.5. The lowest BCUT2D eigenvalue weighted by molar-refractivity contribution is 0.0462. The van der Waals surface area contributed by atoms with Gasteiger partial charge in [-0.25, -0.2) is 0 Å². The summed E-state index contributed by atoms with van der Waals surface area (Å²) in [5.41, 5.74) is 1.66. The van der Waals surface area contributed by atoms with Crippen molar-refractivity contribution < 1.29 is 14.3 Å². The van der Waals surface area contributed by atoms with Crippen LogP contribution in [-0.2, 0) is 4.74 Å². The number of ether oxygens (including phenoxy) is 2. The highest BCUT2D eigenvalue weighted by Crippen LogP contribution is 2.32. The van der Waals surface area contributed by atoms with Gasteiger partial charge in [0.05, 0.1) is 18.1 Å². The average Bonchev–Trinajstić information content (AvgIpc) is 2.92. The molecule has 1 aliphatic heterocycles. The van der Waals surface area contributed by atoms with Crippen LogP contribution in [0.1, 0.15) is 37.0 Å². The Morgan fingerprint density at radius 2 is 2.29 bits per heavy atom. The second kappa shape index (κ2) is 5.90. The van der Waals surface area contributed by atoms with Crippen molar-refractivity contribution in [1.82, 2.24) is 4.98 Å². The molecule has 4 nitrogen and oxygen atoms in total. The van der Waals surface area contributed by atoms with Crippen LogP contribution in [0.3, 0.4) is 0 Å². The van der Waals surface area contributed by atoms with Gasteiger partial charge in [0.25, 0.3) is 0 Å². The number of benzene rings is 1. The molecule has 21 heavy (non-hydrogen) atoms. The summed E-state index contributed by atoms with van der Waals surface area (Å²) in [7, 11) is 0. The molecule has 4 heteroatoms. The van der Waals surface area contributed by atoms with Crippen LogP contribution < -0.4 is 4.74 Å². The van der Waals surface area contributed by atoms with E-state index in [1.807, 2.05) is 32.0 Å². The maximum atomic E-state index is 12.8. The molecule has 1 saturated heterocycles. The SMILES string of the molecule is CC(C)Oc1cccc2[nH]cc(C(=O)C3CCCOC3)c12. The minimum atomic E-state index is -0.0372. The fraction of sp³-hybridized carbons (Fsp3) is 0.471. The molecule has 2 heterocycles. The number of hydrogen-bond acceptors (Lipinski definition) is 3. The van der Waals surface area contributed by atoms with Crippen molar-refractivity contribution in [3.05, 3.63) is 30.0 Å². The van der Waals surface area contributed by atoms with Gasteiger partial charge in [0, 0.05) is 29.8 Å². The first-order valence-electron chi connectivity index (χ1n) is 7.55. The number of carbonyl (C=O) groups excluding carboxylic acids is 1. The molecule has 1 aliphatic rings. The van der Waals surface area contributed by atoms with Crippen LogP contribution in [0.15, 0.2) is 24.4 Å². The van der Waals surface area contributed by atoms with E-state index in [2.05, 4.69) is 4.98 Å². The number of Topliss-reactive ketones (excluding diaryl/α,β-unsaturated/α-hetero) is 1. The number of nitrogens with one attached hydrogen (secondary N) is 1. The highest BCUT2D eigenvalue weighted by Gasteiger charge is 2.26. The second-order valence-corrected chi connectivity index (χ2v) is 5.83. The Hall–Kier alpha value is -1.81. The summed E-state index contributed by atoms with van der Waals surface area (Å²) in [5, 5.41) is 0.891. The summed E-state index contributed by atoms with van der Waals surface area (Å²) in [4.78, 5) is 15.9. The predicted octanol–water partition coefficient (Wildman–Crippen LogP) is 3.56. The second-order valence-electron chi connectivity index (χ2n) is 5.83. The van der Waals surface area contributed by atoms with Crippen LogP contribution >= 0.6 is 0 Å². The number of carbonyl (C=O) groups is 1. The zero-order chi connectivity index (χ0) is 14.8. The lowest BCUT2D eigenvalue weighted by atomic mass is 9.92. The molecule has 0 saturated carbocycles. The third kappa shape index (κ3) is 2.81. The molecule has 1 fully saturated rings. The fourth-order valence-electron chi connectivity index (χ4n) is 2.87. The van der Waals surface area contributed by atoms with Gasteiger partial charge in [0.2, 0.25) is 0 Å². The molecule has 0 radical (unpaired) electrons. The number of rotatable bonds is 4. The van der Waals surface area contributed by atoms with Crippen molar-refractivity contribution in [1.29, 1.82) is 0 Å². The monoisotopic (exact) mass is 287 g/mol. The maximum absolute atomic E-state index is 12.8. The smallest absolute Gasteiger partial charge is 0.170 e. The number of H-pyrrole nitrogens is 1. The van der Waals surface area contributed by atoms with Crippen LogP contribution in [0.25, 0.3) is 10.9 Å². The van der Waals surface area contributed by atoms with Gasteiger partial charge in [0.1, 0.15) is 5.75 Å². The Morgan fingerprint density at radius 1 is 1.43 bits per heavy atom. The lowest BCUT2D eigenvalue weighted by Crippen LogP contribution is -2.25. The quantitative estimate of drug-likeness (QED) is 0.875. The van der Waals surface area contributed by atoms with Crippen LogP contribution in [0.4, 0.5) is 0 Å². The Labute approximate surface area is 124 Å². The van der Waals surface area contributed by atoms with Crippen molar-refractivity contribution >= 4 is 16.7 Å². The van der Waals surface area contributed by atoms with E-state index in [1.54, 1.807) is 6.20 Å². The van der Waals surface area contributed by atoms with Crippen molar-refractivity contribution in [2.24, 2.45) is 5.92 Å². The van der Waals surface area contributed by atoms with Gasteiger partial charge in [-0.2, -0.15) is 0 Å². The molecule has 2 aromatic rings. The highest BCUT2D eigenvalue weighted by atomic mass is 16.5. The van der Waals surface area contributed by atoms with Crippen molar-refractivity contribution in [2.75, 3.05) is 13.2 Å². The maximum Gasteiger partial charge on any atom is 0.170 e. The number of fused-ring (bicyclic) bond motifs is 1. The first-order chi connectivity index (χ1) is 10.2. The summed E-state index contributed by atoms with van der Waals surface area (Å²) >= 11 is 0. The van der Waals surface area contributed by atoms with Gasteiger partial charge >= 0.3 is 0 Å². The molecule has 1 atom stereocenters. The van der Waals surface area contributed by atoms with E-state index < -0.39 is 0 Å². The first kappa shape index (κ1) is 14.1. The standard InChI is InChI=1S/C17H21NO3/c1-11(2)21-15-7-3-6-14-16(15)13(9-18-14)17(19)12-5-4-8-20-10-12/h3,6-7,9,11-12,18H,4-5,8,10H2,1-2H3. The molecule has 112 valence electrons. The fourth-order valence-corrected chi connectivity index (χ4v) is 2.87. The Morgan fingerprint density at radius 3 is 3.00 bits per heavy atom. The van der Waals surface area contributed by atoms with E-state index >= 15 is 0 Å². The minimum Gasteiger partial charge on any atom is -0.490 e. The molecule has 0 bridgehead atoms. The van der Waals surface area contributed by atoms with Crippen LogP contribution in [-0.4, -0.2) is 30.1 Å². The molecule has 1 unspecified atom stereocenters. The normalized spacial score (nSPS) is 19.1. The third-order valence-electron chi connectivity index (χ3n) is 3.83. The molecule has 1 aromatic carbocycles. The van der Waals surface area contributed by atoms with E-state index in [0.29, 0.717) is 6.61 Å². The summed E-state index contributed by atoms with van der Waals surface area (Å²) in [6.07, 6.45) is 3.73. The summed E-state index contributed by atoms with van der Waals surface area (Å²) in [6, 6.07) is 5.83. The molecule has 0 spiro atoms. The van der Waals surface area contributed by atoms with Gasteiger partial charge in [-0.1, -0.05) is 6.07 Å². The number of hydrogen-bond donors (Lipinski definition) is 1. The van der Waals surface area contributed by atoms with E-state index in [0.717, 1.165) is 41.7 Å².